The molecule has 0 atom stereocenters. The zero-order chi connectivity index (χ0) is 29.4. The van der Waals surface area contributed by atoms with E-state index in [-0.39, 0.29) is 22.8 Å². The SMILES string of the molecule is COc1ccc(-n2c(SCC(=O)N/N=C/C=C/c3ccccc3[N+](=O)[O-])nnc2-c2ccc(C(C)(C)C)cc2)cc1. The molecule has 210 valence electrons. The second-order valence-electron chi connectivity index (χ2n) is 9.94. The monoisotopic (exact) mass is 570 g/mol. The number of rotatable bonds is 10. The quantitative estimate of drug-likeness (QED) is 0.106. The molecule has 1 amide bonds. The topological polar surface area (TPSA) is 125 Å². The van der Waals surface area contributed by atoms with Crippen LogP contribution in [-0.2, 0) is 10.2 Å². The van der Waals surface area contributed by atoms with Gasteiger partial charge in [-0.1, -0.05) is 68.9 Å². The van der Waals surface area contributed by atoms with E-state index in [9.17, 15) is 14.9 Å². The lowest BCUT2D eigenvalue weighted by Crippen LogP contribution is -2.19. The van der Waals surface area contributed by atoms with E-state index < -0.39 is 4.92 Å². The first-order valence-corrected chi connectivity index (χ1v) is 13.7. The molecule has 3 aromatic carbocycles. The molecule has 0 unspecified atom stereocenters. The minimum absolute atomic E-state index is 0.0110. The minimum Gasteiger partial charge on any atom is -0.497 e. The van der Waals surface area contributed by atoms with E-state index >= 15 is 0 Å². The lowest BCUT2D eigenvalue weighted by molar-refractivity contribution is -0.385. The van der Waals surface area contributed by atoms with Gasteiger partial charge in [-0.2, -0.15) is 5.10 Å². The van der Waals surface area contributed by atoms with Gasteiger partial charge in [0.2, 0.25) is 0 Å². The number of thioether (sulfide) groups is 1. The maximum atomic E-state index is 12.5. The summed E-state index contributed by atoms with van der Waals surface area (Å²) in [5.74, 6) is 1.07. The van der Waals surface area contributed by atoms with Crippen LogP contribution in [0.4, 0.5) is 5.69 Å². The lowest BCUT2D eigenvalue weighted by atomic mass is 9.87. The van der Waals surface area contributed by atoms with Crippen LogP contribution < -0.4 is 10.2 Å². The summed E-state index contributed by atoms with van der Waals surface area (Å²) in [6, 6.07) is 22.1. The molecule has 0 radical (unpaired) electrons. The molecular formula is C30H30N6O4S. The molecule has 0 saturated carbocycles. The number of benzene rings is 3. The van der Waals surface area contributed by atoms with Crippen LogP contribution in [0.1, 0.15) is 31.9 Å². The van der Waals surface area contributed by atoms with Crippen LogP contribution in [0.2, 0.25) is 0 Å². The molecular weight excluding hydrogens is 540 g/mol. The molecule has 4 aromatic rings. The number of nitro groups is 1. The average Bonchev–Trinajstić information content (AvgIpc) is 3.39. The number of ether oxygens (including phenoxy) is 1. The number of nitrogens with zero attached hydrogens (tertiary/aromatic N) is 5. The first-order chi connectivity index (χ1) is 19.7. The highest BCUT2D eigenvalue weighted by Crippen LogP contribution is 2.30. The van der Waals surface area contributed by atoms with Crippen LogP contribution in [0.5, 0.6) is 5.75 Å². The Morgan fingerprint density at radius 2 is 1.78 bits per heavy atom. The first-order valence-electron chi connectivity index (χ1n) is 12.7. The Labute approximate surface area is 242 Å². The van der Waals surface area contributed by atoms with Crippen LogP contribution in [-0.4, -0.2) is 44.7 Å². The van der Waals surface area contributed by atoms with Crippen molar-refractivity contribution >= 4 is 35.6 Å². The molecule has 10 nitrogen and oxygen atoms in total. The Morgan fingerprint density at radius 3 is 2.44 bits per heavy atom. The zero-order valence-electron chi connectivity index (χ0n) is 23.1. The Balaban J connectivity index is 1.48. The number of nitro benzene ring substituents is 1. The fourth-order valence-corrected chi connectivity index (χ4v) is 4.63. The summed E-state index contributed by atoms with van der Waals surface area (Å²) >= 11 is 1.23. The Morgan fingerprint density at radius 1 is 1.07 bits per heavy atom. The van der Waals surface area contributed by atoms with Crippen molar-refractivity contribution in [1.82, 2.24) is 20.2 Å². The van der Waals surface area contributed by atoms with Crippen molar-refractivity contribution in [3.63, 3.8) is 0 Å². The van der Waals surface area contributed by atoms with Gasteiger partial charge in [0, 0.05) is 23.5 Å². The van der Waals surface area contributed by atoms with Gasteiger partial charge in [0.05, 0.1) is 23.3 Å². The number of methoxy groups -OCH3 is 1. The average molecular weight is 571 g/mol. The Bertz CT molecular complexity index is 1570. The van der Waals surface area contributed by atoms with E-state index in [2.05, 4.69) is 53.6 Å². The number of hydrazone groups is 1. The van der Waals surface area contributed by atoms with Crippen LogP contribution in [0.25, 0.3) is 23.2 Å². The van der Waals surface area contributed by atoms with Gasteiger partial charge in [0.25, 0.3) is 11.6 Å². The largest absolute Gasteiger partial charge is 0.497 e. The molecule has 0 saturated heterocycles. The normalized spacial score (nSPS) is 11.7. The van der Waals surface area contributed by atoms with Gasteiger partial charge in [-0.05, 0) is 53.5 Å². The van der Waals surface area contributed by atoms with Crippen molar-refractivity contribution < 1.29 is 14.5 Å². The number of amides is 1. The standard InChI is InChI=1S/C30H30N6O4S/c1-30(2,3)23-13-11-22(12-14-23)28-33-34-29(35(28)24-15-17-25(40-4)18-16-24)41-20-27(37)32-31-19-7-9-21-8-5-6-10-26(21)36(38)39/h5-19H,20H2,1-4H3,(H,32,37)/b9-7+,31-19+. The van der Waals surface area contributed by atoms with Crippen molar-refractivity contribution in [1.29, 1.82) is 0 Å². The molecule has 1 aromatic heterocycles. The zero-order valence-corrected chi connectivity index (χ0v) is 24.0. The number of carbonyl (C=O) groups excluding carboxylic acids is 1. The maximum absolute atomic E-state index is 12.5. The summed E-state index contributed by atoms with van der Waals surface area (Å²) in [6.07, 6.45) is 4.43. The van der Waals surface area contributed by atoms with Crippen molar-refractivity contribution in [3.8, 4) is 22.8 Å². The number of carbonyl (C=O) groups is 1. The maximum Gasteiger partial charge on any atom is 0.276 e. The highest BCUT2D eigenvalue weighted by atomic mass is 32.2. The molecule has 11 heteroatoms. The number of allylic oxidation sites excluding steroid dienone is 1. The molecule has 1 heterocycles. The minimum atomic E-state index is -0.452. The third-order valence-corrected chi connectivity index (χ3v) is 6.99. The van der Waals surface area contributed by atoms with Gasteiger partial charge in [-0.15, -0.1) is 10.2 Å². The molecule has 1 N–H and O–H groups in total. The molecule has 0 aliphatic heterocycles. The van der Waals surface area contributed by atoms with Crippen molar-refractivity contribution in [2.45, 2.75) is 31.3 Å². The summed E-state index contributed by atoms with van der Waals surface area (Å²) in [7, 11) is 1.61. The van der Waals surface area contributed by atoms with Gasteiger partial charge >= 0.3 is 0 Å². The number of para-hydroxylation sites is 1. The highest BCUT2D eigenvalue weighted by Gasteiger charge is 2.19. The van der Waals surface area contributed by atoms with Crippen LogP contribution >= 0.6 is 11.8 Å². The van der Waals surface area contributed by atoms with E-state index in [1.165, 1.54) is 35.7 Å². The van der Waals surface area contributed by atoms with E-state index in [1.54, 1.807) is 31.4 Å². The number of nitrogens with one attached hydrogen (secondary N) is 1. The van der Waals surface area contributed by atoms with Crippen LogP contribution in [0, 0.1) is 10.1 Å². The van der Waals surface area contributed by atoms with Gasteiger partial charge in [0.1, 0.15) is 5.75 Å². The van der Waals surface area contributed by atoms with Gasteiger partial charge in [-0.25, -0.2) is 5.43 Å². The van der Waals surface area contributed by atoms with E-state index in [4.69, 9.17) is 4.74 Å². The van der Waals surface area contributed by atoms with Crippen LogP contribution in [0.15, 0.2) is 89.1 Å². The van der Waals surface area contributed by atoms with E-state index in [0.29, 0.717) is 16.5 Å². The second kappa shape index (κ2) is 13.1. The highest BCUT2D eigenvalue weighted by molar-refractivity contribution is 7.99. The smallest absolute Gasteiger partial charge is 0.276 e. The Hall–Kier alpha value is -4.77. The third-order valence-electron chi connectivity index (χ3n) is 6.06. The number of hydrogen-bond donors (Lipinski definition) is 1. The summed E-state index contributed by atoms with van der Waals surface area (Å²) in [5.41, 5.74) is 5.84. The Kier molecular flexibility index (Phi) is 9.30. The predicted molar refractivity (Wildman–Crippen MR) is 162 cm³/mol. The fraction of sp³-hybridized carbons (Fsp3) is 0.200. The van der Waals surface area contributed by atoms with Gasteiger partial charge in [0.15, 0.2) is 11.0 Å². The number of aromatic nitrogens is 3. The van der Waals surface area contributed by atoms with Crippen LogP contribution in [0.3, 0.4) is 0 Å². The lowest BCUT2D eigenvalue weighted by Gasteiger charge is -2.19. The molecule has 41 heavy (non-hydrogen) atoms. The molecule has 0 aliphatic carbocycles. The van der Waals surface area contributed by atoms with E-state index in [0.717, 1.165) is 17.0 Å². The molecule has 0 aliphatic rings. The van der Waals surface area contributed by atoms with Gasteiger partial charge in [-0.3, -0.25) is 19.5 Å². The summed E-state index contributed by atoms with van der Waals surface area (Å²) in [4.78, 5) is 23.2. The fourth-order valence-electron chi connectivity index (χ4n) is 3.89. The second-order valence-corrected chi connectivity index (χ2v) is 10.9. The molecule has 0 spiro atoms. The van der Waals surface area contributed by atoms with Gasteiger partial charge < -0.3 is 4.74 Å². The van der Waals surface area contributed by atoms with E-state index in [1.807, 2.05) is 41.0 Å². The van der Waals surface area contributed by atoms with Crippen molar-refractivity contribution in [3.05, 3.63) is 100 Å². The molecule has 4 rings (SSSR count). The molecule has 0 bridgehead atoms. The van der Waals surface area contributed by atoms with Crippen molar-refractivity contribution in [2.75, 3.05) is 12.9 Å². The van der Waals surface area contributed by atoms with Crippen molar-refractivity contribution in [2.24, 2.45) is 5.10 Å². The summed E-state index contributed by atoms with van der Waals surface area (Å²) in [5, 5.41) is 24.4. The summed E-state index contributed by atoms with van der Waals surface area (Å²) < 4.78 is 7.21. The number of hydrogen-bond acceptors (Lipinski definition) is 8. The first kappa shape index (κ1) is 29.2. The molecule has 0 fully saturated rings. The third kappa shape index (κ3) is 7.46. The summed E-state index contributed by atoms with van der Waals surface area (Å²) in [6.45, 7) is 6.49. The predicted octanol–water partition coefficient (Wildman–Crippen LogP) is 6.06.